The molecular formula is C17H26F3N7O4. The zero-order valence-electron chi connectivity index (χ0n) is 17.1. The van der Waals surface area contributed by atoms with Crippen LogP contribution in [0.5, 0.6) is 6.01 Å². The number of rotatable bonds is 6. The highest BCUT2D eigenvalue weighted by molar-refractivity contribution is 5.92. The second-order valence-electron chi connectivity index (χ2n) is 7.77. The van der Waals surface area contributed by atoms with Crippen LogP contribution in [0.15, 0.2) is 0 Å². The van der Waals surface area contributed by atoms with E-state index in [1.807, 2.05) is 4.90 Å². The number of hydrogen-bond donors (Lipinski definition) is 4. The van der Waals surface area contributed by atoms with Gasteiger partial charge >= 0.3 is 6.01 Å². The van der Waals surface area contributed by atoms with Crippen LogP contribution in [-0.2, 0) is 4.74 Å². The largest absolute Gasteiger partial charge is 0.459 e. The van der Waals surface area contributed by atoms with Gasteiger partial charge in [-0.3, -0.25) is 15.5 Å². The lowest BCUT2D eigenvalue weighted by molar-refractivity contribution is -0.123. The van der Waals surface area contributed by atoms with Gasteiger partial charge in [0, 0.05) is 19.1 Å². The van der Waals surface area contributed by atoms with Gasteiger partial charge in [0.1, 0.15) is 12.3 Å². The van der Waals surface area contributed by atoms with Gasteiger partial charge < -0.3 is 19.5 Å². The number of anilines is 1. The molecule has 0 spiro atoms. The SMILES string of the molecule is C[C@H](Oc1nc(C(=N)NO)nc(N2CCOCC(O)(C(F)F)C2)n1)[C@@H]1C[C@@H](F)CN1C. The summed E-state index contributed by atoms with van der Waals surface area (Å²) in [6.07, 6.45) is -4.33. The third-order valence-electron chi connectivity index (χ3n) is 5.33. The zero-order valence-corrected chi connectivity index (χ0v) is 17.1. The molecule has 4 N–H and O–H groups in total. The fourth-order valence-electron chi connectivity index (χ4n) is 3.64. The highest BCUT2D eigenvalue weighted by Gasteiger charge is 2.42. The fraction of sp³-hybridized carbons (Fsp3) is 0.765. The number of ether oxygens (including phenoxy) is 2. The Morgan fingerprint density at radius 1 is 1.39 bits per heavy atom. The molecule has 1 aromatic rings. The molecule has 0 bridgehead atoms. The summed E-state index contributed by atoms with van der Waals surface area (Å²) in [5.74, 6) is -1.01. The van der Waals surface area contributed by atoms with E-state index in [2.05, 4.69) is 15.0 Å². The Balaban J connectivity index is 1.89. The topological polar surface area (TPSA) is 140 Å². The number of amidine groups is 1. The van der Waals surface area contributed by atoms with E-state index >= 15 is 0 Å². The molecule has 0 radical (unpaired) electrons. The van der Waals surface area contributed by atoms with Gasteiger partial charge in [-0.2, -0.15) is 15.0 Å². The quantitative estimate of drug-likeness (QED) is 0.263. The van der Waals surface area contributed by atoms with Crippen molar-refractivity contribution in [1.29, 1.82) is 5.41 Å². The van der Waals surface area contributed by atoms with Crippen LogP contribution in [0.1, 0.15) is 19.2 Å². The van der Waals surface area contributed by atoms with E-state index in [0.29, 0.717) is 0 Å². The Hall–Kier alpha value is -2.29. The van der Waals surface area contributed by atoms with Crippen LogP contribution in [-0.4, -0.2) is 106 Å². The monoisotopic (exact) mass is 449 g/mol. The number of β-amino-alcohol motifs (C(OH)–C–C–N with tert-alkyl or cyclic N) is 1. The van der Waals surface area contributed by atoms with Crippen molar-refractivity contribution in [1.82, 2.24) is 25.3 Å². The highest BCUT2D eigenvalue weighted by atomic mass is 19.3. The van der Waals surface area contributed by atoms with Crippen molar-refractivity contribution in [2.75, 3.05) is 44.8 Å². The normalized spacial score (nSPS) is 28.5. The van der Waals surface area contributed by atoms with E-state index in [4.69, 9.17) is 20.1 Å². The van der Waals surface area contributed by atoms with Crippen molar-refractivity contribution in [2.45, 2.75) is 43.7 Å². The molecule has 0 saturated carbocycles. The van der Waals surface area contributed by atoms with Gasteiger partial charge in [0.05, 0.1) is 19.8 Å². The van der Waals surface area contributed by atoms with Gasteiger partial charge in [0.15, 0.2) is 11.4 Å². The number of aromatic nitrogens is 3. The molecule has 31 heavy (non-hydrogen) atoms. The molecule has 0 aromatic carbocycles. The Morgan fingerprint density at radius 3 is 2.74 bits per heavy atom. The van der Waals surface area contributed by atoms with Crippen LogP contribution in [0.25, 0.3) is 0 Å². The van der Waals surface area contributed by atoms with E-state index < -0.39 is 43.3 Å². The summed E-state index contributed by atoms with van der Waals surface area (Å²) in [7, 11) is 1.77. The van der Waals surface area contributed by atoms with Crippen molar-refractivity contribution in [2.24, 2.45) is 0 Å². The zero-order chi connectivity index (χ0) is 22.8. The van der Waals surface area contributed by atoms with E-state index in [9.17, 15) is 18.3 Å². The van der Waals surface area contributed by atoms with E-state index in [-0.39, 0.29) is 49.9 Å². The maximum Gasteiger partial charge on any atom is 0.322 e. The molecule has 3 heterocycles. The molecule has 3 rings (SSSR count). The molecule has 2 aliphatic rings. The molecule has 14 heteroatoms. The van der Waals surface area contributed by atoms with Crippen LogP contribution in [0.2, 0.25) is 0 Å². The van der Waals surface area contributed by atoms with Crippen LogP contribution >= 0.6 is 0 Å². The number of hydroxylamine groups is 1. The molecule has 2 fully saturated rings. The maximum absolute atomic E-state index is 13.7. The van der Waals surface area contributed by atoms with Crippen LogP contribution < -0.4 is 15.1 Å². The van der Waals surface area contributed by atoms with Crippen molar-refractivity contribution in [3.8, 4) is 6.01 Å². The fourth-order valence-corrected chi connectivity index (χ4v) is 3.64. The second kappa shape index (κ2) is 9.46. The summed E-state index contributed by atoms with van der Waals surface area (Å²) in [4.78, 5) is 15.2. The van der Waals surface area contributed by atoms with Crippen molar-refractivity contribution in [3.05, 3.63) is 5.82 Å². The van der Waals surface area contributed by atoms with Gasteiger partial charge in [0.2, 0.25) is 11.8 Å². The van der Waals surface area contributed by atoms with E-state index in [0.717, 1.165) is 0 Å². The number of halogens is 3. The van der Waals surface area contributed by atoms with Gasteiger partial charge in [-0.1, -0.05) is 0 Å². The van der Waals surface area contributed by atoms with Crippen molar-refractivity contribution in [3.63, 3.8) is 0 Å². The van der Waals surface area contributed by atoms with Gasteiger partial charge in [-0.25, -0.2) is 18.7 Å². The Bertz CT molecular complexity index is 792. The molecule has 0 aliphatic carbocycles. The Morgan fingerprint density at radius 2 is 2.13 bits per heavy atom. The molecular weight excluding hydrogens is 423 g/mol. The molecule has 11 nitrogen and oxygen atoms in total. The molecule has 4 atom stereocenters. The lowest BCUT2D eigenvalue weighted by Gasteiger charge is -2.30. The number of alkyl halides is 3. The van der Waals surface area contributed by atoms with E-state index in [1.165, 1.54) is 4.90 Å². The summed E-state index contributed by atoms with van der Waals surface area (Å²) < 4.78 is 51.3. The van der Waals surface area contributed by atoms with Gasteiger partial charge in [-0.15, -0.1) is 0 Å². The summed E-state index contributed by atoms with van der Waals surface area (Å²) in [5, 5.41) is 27.0. The standard InChI is InChI=1S/C17H26F3N7O4/c1-9(11-5-10(18)6-26(11)2)31-16-23-13(12(21)25-29)22-15(24-16)27-3-4-30-8-17(28,7-27)14(19)20/h9-11,14,28-29H,3-8H2,1-2H3,(H2,21,25)/t9-,10+,11-,17?/m0/s1. The van der Waals surface area contributed by atoms with Crippen molar-refractivity contribution < 1.29 is 33.0 Å². The average molecular weight is 449 g/mol. The number of hydrogen-bond acceptors (Lipinski definition) is 10. The lowest BCUT2D eigenvalue weighted by atomic mass is 10.1. The predicted octanol–water partition coefficient (Wildman–Crippen LogP) is -0.182. The molecule has 2 saturated heterocycles. The lowest BCUT2D eigenvalue weighted by Crippen LogP contribution is -2.50. The second-order valence-corrected chi connectivity index (χ2v) is 7.77. The number of nitrogens with zero attached hydrogens (tertiary/aromatic N) is 5. The van der Waals surface area contributed by atoms with E-state index in [1.54, 1.807) is 19.5 Å². The predicted molar refractivity (Wildman–Crippen MR) is 102 cm³/mol. The van der Waals surface area contributed by atoms with Gasteiger partial charge in [-0.05, 0) is 20.4 Å². The summed E-state index contributed by atoms with van der Waals surface area (Å²) in [5.41, 5.74) is -0.830. The molecule has 2 aliphatic heterocycles. The third-order valence-corrected chi connectivity index (χ3v) is 5.33. The van der Waals surface area contributed by atoms with Gasteiger partial charge in [0.25, 0.3) is 6.43 Å². The minimum absolute atomic E-state index is 0.0308. The summed E-state index contributed by atoms with van der Waals surface area (Å²) in [6, 6.07) is -0.474. The van der Waals surface area contributed by atoms with Crippen molar-refractivity contribution >= 4 is 11.8 Å². The highest BCUT2D eigenvalue weighted by Crippen LogP contribution is 2.26. The summed E-state index contributed by atoms with van der Waals surface area (Å²) >= 11 is 0. The van der Waals surface area contributed by atoms with Crippen LogP contribution in [0, 0.1) is 5.41 Å². The third kappa shape index (κ3) is 5.31. The Labute approximate surface area is 176 Å². The van der Waals surface area contributed by atoms with Crippen LogP contribution in [0.3, 0.4) is 0 Å². The number of nitrogens with one attached hydrogen (secondary N) is 2. The molecule has 174 valence electrons. The molecule has 0 amide bonds. The first-order valence-corrected chi connectivity index (χ1v) is 9.72. The molecule has 1 aromatic heterocycles. The first kappa shape index (κ1) is 23.4. The maximum atomic E-state index is 13.7. The minimum atomic E-state index is -3.07. The first-order chi connectivity index (χ1) is 14.6. The summed E-state index contributed by atoms with van der Waals surface area (Å²) in [6.45, 7) is 1.01. The Kier molecular flexibility index (Phi) is 7.13. The van der Waals surface area contributed by atoms with Crippen LogP contribution in [0.4, 0.5) is 19.1 Å². The number of aliphatic hydroxyl groups is 1. The average Bonchev–Trinajstić information content (AvgIpc) is 2.93. The minimum Gasteiger partial charge on any atom is -0.459 e. The number of likely N-dealkylation sites (N-methyl/N-ethyl adjacent to an activating group) is 1. The smallest absolute Gasteiger partial charge is 0.322 e. The molecule has 1 unspecified atom stereocenters. The first-order valence-electron chi connectivity index (χ1n) is 9.72. The number of likely N-dealkylation sites (tertiary alicyclic amines) is 1.